The number of hydrogen-bond donors (Lipinski definition) is 1. The van der Waals surface area contributed by atoms with Crippen LogP contribution in [0.5, 0.6) is 5.75 Å². The molecule has 0 aliphatic heterocycles. The first kappa shape index (κ1) is 11.4. The maximum absolute atomic E-state index is 13.8. The third-order valence-electron chi connectivity index (χ3n) is 2.20. The van der Waals surface area contributed by atoms with Crippen LogP contribution in [0.2, 0.25) is 5.02 Å². The molecule has 0 amide bonds. The summed E-state index contributed by atoms with van der Waals surface area (Å²) in [6, 6.07) is 9.41. The minimum Gasteiger partial charge on any atom is -0.507 e. The SMILES string of the molecule is Oc1ccc(Cl)cc1-c1cccc(Br)c1F. The summed E-state index contributed by atoms with van der Waals surface area (Å²) >= 11 is 8.91. The number of benzene rings is 2. The fourth-order valence-electron chi connectivity index (χ4n) is 1.44. The lowest BCUT2D eigenvalue weighted by atomic mass is 10.0. The molecule has 4 heteroatoms. The van der Waals surface area contributed by atoms with Crippen molar-refractivity contribution in [3.63, 3.8) is 0 Å². The van der Waals surface area contributed by atoms with E-state index in [0.29, 0.717) is 20.6 Å². The zero-order valence-corrected chi connectivity index (χ0v) is 10.4. The van der Waals surface area contributed by atoms with Crippen LogP contribution in [0.3, 0.4) is 0 Å². The lowest BCUT2D eigenvalue weighted by Gasteiger charge is -2.07. The predicted molar refractivity (Wildman–Crippen MR) is 66.2 cm³/mol. The summed E-state index contributed by atoms with van der Waals surface area (Å²) in [5.41, 5.74) is 0.695. The third-order valence-corrected chi connectivity index (χ3v) is 3.05. The summed E-state index contributed by atoms with van der Waals surface area (Å²) in [7, 11) is 0. The first-order valence-electron chi connectivity index (χ1n) is 4.52. The quantitative estimate of drug-likeness (QED) is 0.815. The van der Waals surface area contributed by atoms with Crippen molar-refractivity contribution in [2.45, 2.75) is 0 Å². The van der Waals surface area contributed by atoms with Gasteiger partial charge in [0.1, 0.15) is 11.6 Å². The predicted octanol–water partition coefficient (Wildman–Crippen LogP) is 4.61. The van der Waals surface area contributed by atoms with Crippen LogP contribution < -0.4 is 0 Å². The van der Waals surface area contributed by atoms with Crippen molar-refractivity contribution in [3.05, 3.63) is 51.7 Å². The van der Waals surface area contributed by atoms with Crippen molar-refractivity contribution in [1.29, 1.82) is 0 Å². The Kier molecular flexibility index (Phi) is 3.17. The lowest BCUT2D eigenvalue weighted by molar-refractivity contribution is 0.476. The molecule has 0 bridgehead atoms. The molecule has 0 heterocycles. The fourth-order valence-corrected chi connectivity index (χ4v) is 1.97. The summed E-state index contributed by atoms with van der Waals surface area (Å²) in [4.78, 5) is 0. The van der Waals surface area contributed by atoms with Crippen molar-refractivity contribution in [3.8, 4) is 16.9 Å². The molecule has 0 fully saturated rings. The van der Waals surface area contributed by atoms with Gasteiger partial charge in [0.2, 0.25) is 0 Å². The van der Waals surface area contributed by atoms with Gasteiger partial charge in [0.15, 0.2) is 0 Å². The second kappa shape index (κ2) is 4.44. The molecular formula is C12H7BrClFO. The molecule has 16 heavy (non-hydrogen) atoms. The Morgan fingerprint density at radius 3 is 2.62 bits per heavy atom. The van der Waals surface area contributed by atoms with E-state index in [9.17, 15) is 9.50 Å². The molecule has 82 valence electrons. The van der Waals surface area contributed by atoms with Crippen molar-refractivity contribution in [2.24, 2.45) is 0 Å². The minimum absolute atomic E-state index is 0.00130. The number of rotatable bonds is 1. The maximum Gasteiger partial charge on any atom is 0.145 e. The molecule has 0 atom stereocenters. The largest absolute Gasteiger partial charge is 0.507 e. The van der Waals surface area contributed by atoms with E-state index < -0.39 is 5.82 Å². The van der Waals surface area contributed by atoms with Crippen LogP contribution in [0.4, 0.5) is 4.39 Å². The molecule has 2 aromatic carbocycles. The highest BCUT2D eigenvalue weighted by molar-refractivity contribution is 9.10. The highest BCUT2D eigenvalue weighted by Crippen LogP contribution is 2.35. The van der Waals surface area contributed by atoms with Gasteiger partial charge in [-0.15, -0.1) is 0 Å². The van der Waals surface area contributed by atoms with Crippen LogP contribution >= 0.6 is 27.5 Å². The number of phenolic OH excluding ortho intramolecular Hbond substituents is 1. The summed E-state index contributed by atoms with van der Waals surface area (Å²) in [6.07, 6.45) is 0. The van der Waals surface area contributed by atoms with E-state index in [1.807, 2.05) is 0 Å². The number of phenols is 1. The maximum atomic E-state index is 13.8. The van der Waals surface area contributed by atoms with Crippen LogP contribution in [0.1, 0.15) is 0 Å². The molecule has 0 spiro atoms. The molecule has 0 saturated heterocycles. The minimum atomic E-state index is -0.417. The molecular weight excluding hydrogens is 294 g/mol. The standard InChI is InChI=1S/C12H7BrClFO/c13-10-3-1-2-8(12(10)15)9-6-7(14)4-5-11(9)16/h1-6,16H. The molecule has 1 nitrogen and oxygen atoms in total. The highest BCUT2D eigenvalue weighted by Gasteiger charge is 2.11. The van der Waals surface area contributed by atoms with Gasteiger partial charge in [-0.2, -0.15) is 0 Å². The third kappa shape index (κ3) is 2.06. The summed E-state index contributed by atoms with van der Waals surface area (Å²) < 4.78 is 14.1. The van der Waals surface area contributed by atoms with Crippen molar-refractivity contribution < 1.29 is 9.50 Å². The van der Waals surface area contributed by atoms with Crippen LogP contribution in [0.15, 0.2) is 40.9 Å². The van der Waals surface area contributed by atoms with Crippen molar-refractivity contribution in [1.82, 2.24) is 0 Å². The number of hydrogen-bond acceptors (Lipinski definition) is 1. The summed E-state index contributed by atoms with van der Waals surface area (Å²) in [6.45, 7) is 0. The van der Waals surface area contributed by atoms with Crippen molar-refractivity contribution in [2.75, 3.05) is 0 Å². The van der Waals surface area contributed by atoms with Crippen LogP contribution in [-0.2, 0) is 0 Å². The van der Waals surface area contributed by atoms with Gasteiger partial charge in [-0.25, -0.2) is 4.39 Å². The van der Waals surface area contributed by atoms with Crippen LogP contribution in [0.25, 0.3) is 11.1 Å². The molecule has 2 aromatic rings. The van der Waals surface area contributed by atoms with Crippen LogP contribution in [0, 0.1) is 5.82 Å². The monoisotopic (exact) mass is 300 g/mol. The summed E-state index contributed by atoms with van der Waals surface area (Å²) in [5.74, 6) is -0.415. The van der Waals surface area contributed by atoms with E-state index in [4.69, 9.17) is 11.6 Å². The fraction of sp³-hybridized carbons (Fsp3) is 0. The molecule has 0 aromatic heterocycles. The molecule has 0 saturated carbocycles. The van der Waals surface area contributed by atoms with Gasteiger partial charge in [0.25, 0.3) is 0 Å². The molecule has 0 aliphatic rings. The zero-order chi connectivity index (χ0) is 11.7. The van der Waals surface area contributed by atoms with Gasteiger partial charge in [-0.05, 0) is 40.2 Å². The Morgan fingerprint density at radius 2 is 1.88 bits per heavy atom. The van der Waals surface area contributed by atoms with Gasteiger partial charge >= 0.3 is 0 Å². The molecule has 0 aliphatic carbocycles. The van der Waals surface area contributed by atoms with Gasteiger partial charge in [-0.1, -0.05) is 23.7 Å². The molecule has 0 unspecified atom stereocenters. The Hall–Kier alpha value is -1.06. The van der Waals surface area contributed by atoms with Gasteiger partial charge in [0, 0.05) is 16.1 Å². The second-order valence-electron chi connectivity index (χ2n) is 3.26. The molecule has 1 N–H and O–H groups in total. The van der Waals surface area contributed by atoms with Gasteiger partial charge < -0.3 is 5.11 Å². The average Bonchev–Trinajstić information content (AvgIpc) is 2.26. The van der Waals surface area contributed by atoms with E-state index in [-0.39, 0.29) is 5.75 Å². The van der Waals surface area contributed by atoms with E-state index in [2.05, 4.69) is 15.9 Å². The van der Waals surface area contributed by atoms with E-state index in [1.165, 1.54) is 12.1 Å². The Labute approximate surface area is 106 Å². The highest BCUT2D eigenvalue weighted by atomic mass is 79.9. The number of aromatic hydroxyl groups is 1. The lowest BCUT2D eigenvalue weighted by Crippen LogP contribution is -1.86. The Balaban J connectivity index is 2.67. The average molecular weight is 302 g/mol. The molecule has 2 rings (SSSR count). The summed E-state index contributed by atoms with van der Waals surface area (Å²) in [5, 5.41) is 10.1. The molecule has 0 radical (unpaired) electrons. The topological polar surface area (TPSA) is 20.2 Å². The first-order valence-corrected chi connectivity index (χ1v) is 5.69. The zero-order valence-electron chi connectivity index (χ0n) is 8.05. The Morgan fingerprint density at radius 1 is 1.12 bits per heavy atom. The smallest absolute Gasteiger partial charge is 0.145 e. The second-order valence-corrected chi connectivity index (χ2v) is 4.55. The van der Waals surface area contributed by atoms with Crippen molar-refractivity contribution >= 4 is 27.5 Å². The first-order chi connectivity index (χ1) is 7.59. The normalized spacial score (nSPS) is 10.4. The van der Waals surface area contributed by atoms with E-state index in [0.717, 1.165) is 0 Å². The van der Waals surface area contributed by atoms with E-state index in [1.54, 1.807) is 24.3 Å². The number of halogens is 3. The van der Waals surface area contributed by atoms with E-state index >= 15 is 0 Å². The van der Waals surface area contributed by atoms with Gasteiger partial charge in [-0.3, -0.25) is 0 Å². The van der Waals surface area contributed by atoms with Gasteiger partial charge in [0.05, 0.1) is 4.47 Å². The Bertz CT molecular complexity index is 543. The van der Waals surface area contributed by atoms with Crippen LogP contribution in [-0.4, -0.2) is 5.11 Å².